The van der Waals surface area contributed by atoms with Crippen molar-refractivity contribution in [1.82, 2.24) is 14.9 Å². The van der Waals surface area contributed by atoms with Crippen LogP contribution >= 0.6 is 0 Å². The quantitative estimate of drug-likeness (QED) is 0.113. The molecule has 0 spiro atoms. The second-order valence-corrected chi connectivity index (χ2v) is 19.8. The molecule has 3 heterocycles. The minimum absolute atomic E-state index is 0.0547. The number of nitrogens with zero attached hydrogens (tertiary/aromatic N) is 3. The third-order valence-electron chi connectivity index (χ3n) is 11.6. The minimum atomic E-state index is -0.189. The van der Waals surface area contributed by atoms with Crippen LogP contribution in [0.25, 0.3) is 0 Å². The highest BCUT2D eigenvalue weighted by atomic mass is 16.7. The Labute approximate surface area is 318 Å². The summed E-state index contributed by atoms with van der Waals surface area (Å²) >= 11 is 0. The molecule has 0 radical (unpaired) electrons. The second-order valence-electron chi connectivity index (χ2n) is 19.8. The van der Waals surface area contributed by atoms with Crippen molar-refractivity contribution >= 4 is 0 Å². The van der Waals surface area contributed by atoms with E-state index in [9.17, 15) is 0 Å². The average molecular weight is 732 g/mol. The molecular formula is C43H77N3O6. The summed E-state index contributed by atoms with van der Waals surface area (Å²) in [6.45, 7) is 29.7. The summed E-state index contributed by atoms with van der Waals surface area (Å²) in [6.07, 6.45) is 15.3. The van der Waals surface area contributed by atoms with Crippen LogP contribution in [0.15, 0.2) is 0 Å². The number of ether oxygens (including phenoxy) is 5. The highest BCUT2D eigenvalue weighted by molar-refractivity contribution is 5.00. The smallest absolute Gasteiger partial charge is 0.108 e. The molecule has 9 heteroatoms. The Morgan fingerprint density at radius 2 is 1.10 bits per heavy atom. The average Bonchev–Trinajstić information content (AvgIpc) is 2.99. The van der Waals surface area contributed by atoms with E-state index in [0.29, 0.717) is 49.3 Å². The Hall–Kier alpha value is -0.800. The Morgan fingerprint density at radius 1 is 0.577 bits per heavy atom. The van der Waals surface area contributed by atoms with E-state index in [-0.39, 0.29) is 22.3 Å². The zero-order valence-electron chi connectivity index (χ0n) is 35.0. The van der Waals surface area contributed by atoms with Gasteiger partial charge in [0.25, 0.3) is 0 Å². The number of hydrogen-bond acceptors (Lipinski definition) is 9. The maximum absolute atomic E-state index is 6.39. The number of hydrogen-bond donors (Lipinski definition) is 0. The third kappa shape index (κ3) is 14.4. The fourth-order valence-electron chi connectivity index (χ4n) is 8.15. The standard InChI is InChI=1S/C43H77N3O6/c1-40(2,3)50-37-27-35(28-37)48-33-15-22-44(23-16-33)21-13-11-12-14-26-47-43(9,10)20-19-42(7,8)45-31-39(32-45)52-46-24-17-34(18-25-46)49-36-29-38(30-36)51-41(4,5)6/h33-39H,11,13,15-32H2,1-10H3. The molecule has 0 amide bonds. The fourth-order valence-corrected chi connectivity index (χ4v) is 8.15. The van der Waals surface area contributed by atoms with Gasteiger partial charge in [0.2, 0.25) is 0 Å². The van der Waals surface area contributed by atoms with Gasteiger partial charge in [-0.1, -0.05) is 5.92 Å². The van der Waals surface area contributed by atoms with Crippen LogP contribution < -0.4 is 0 Å². The SMILES string of the molecule is CC(C)(C)OC1CC(OC2CCN(CCCC#CCOC(C)(C)CCC(C)(C)N3CC(ON4CCC(OC5CC(OC(C)(C)C)C5)CC4)C3)CC2)C1. The fraction of sp³-hybridized carbons (Fsp3) is 0.953. The summed E-state index contributed by atoms with van der Waals surface area (Å²) in [5, 5.41) is 2.19. The monoisotopic (exact) mass is 732 g/mol. The maximum atomic E-state index is 6.39. The van der Waals surface area contributed by atoms with Crippen LogP contribution in [0, 0.1) is 11.8 Å². The molecule has 0 bridgehead atoms. The molecule has 0 atom stereocenters. The molecule has 3 aliphatic heterocycles. The lowest BCUT2D eigenvalue weighted by molar-refractivity contribution is -0.257. The highest BCUT2D eigenvalue weighted by Crippen LogP contribution is 2.35. The number of piperidine rings is 2. The molecule has 2 aliphatic carbocycles. The molecule has 0 aromatic carbocycles. The van der Waals surface area contributed by atoms with Gasteiger partial charge in [-0.3, -0.25) is 9.74 Å². The molecule has 5 fully saturated rings. The van der Waals surface area contributed by atoms with E-state index in [2.05, 4.69) is 95.9 Å². The van der Waals surface area contributed by atoms with E-state index in [0.717, 1.165) is 123 Å². The normalized spacial score (nSPS) is 28.2. The zero-order valence-corrected chi connectivity index (χ0v) is 35.0. The van der Waals surface area contributed by atoms with Crippen molar-refractivity contribution in [3.05, 3.63) is 0 Å². The van der Waals surface area contributed by atoms with Gasteiger partial charge in [0, 0.05) is 51.2 Å². The molecule has 300 valence electrons. The lowest BCUT2D eigenvalue weighted by Crippen LogP contribution is -2.62. The highest BCUT2D eigenvalue weighted by Gasteiger charge is 2.41. The lowest BCUT2D eigenvalue weighted by atomic mass is 9.87. The first-order valence-electron chi connectivity index (χ1n) is 21.1. The van der Waals surface area contributed by atoms with Gasteiger partial charge in [0.05, 0.1) is 53.4 Å². The summed E-state index contributed by atoms with van der Waals surface area (Å²) in [5.41, 5.74) is -0.192. The Morgan fingerprint density at radius 3 is 1.62 bits per heavy atom. The van der Waals surface area contributed by atoms with E-state index < -0.39 is 0 Å². The first-order valence-corrected chi connectivity index (χ1v) is 21.1. The Balaban J connectivity index is 0.847. The predicted octanol–water partition coefficient (Wildman–Crippen LogP) is 7.39. The Kier molecular flexibility index (Phi) is 15.0. The van der Waals surface area contributed by atoms with Crippen LogP contribution in [0.2, 0.25) is 0 Å². The molecule has 2 saturated carbocycles. The molecular weight excluding hydrogens is 654 g/mol. The van der Waals surface area contributed by atoms with E-state index >= 15 is 0 Å². The molecule has 9 nitrogen and oxygen atoms in total. The molecule has 3 saturated heterocycles. The van der Waals surface area contributed by atoms with E-state index in [1.54, 1.807) is 0 Å². The van der Waals surface area contributed by atoms with Crippen LogP contribution in [-0.4, -0.2) is 132 Å². The summed E-state index contributed by atoms with van der Waals surface area (Å²) in [7, 11) is 0. The van der Waals surface area contributed by atoms with Crippen LogP contribution in [0.5, 0.6) is 0 Å². The Bertz CT molecular complexity index is 1120. The van der Waals surface area contributed by atoms with Crippen molar-refractivity contribution in [1.29, 1.82) is 0 Å². The third-order valence-corrected chi connectivity index (χ3v) is 11.6. The summed E-state index contributed by atoms with van der Waals surface area (Å²) < 4.78 is 31.1. The number of hydroxylamine groups is 2. The summed E-state index contributed by atoms with van der Waals surface area (Å²) in [6, 6.07) is 0. The number of likely N-dealkylation sites (tertiary alicyclic amines) is 2. The first-order chi connectivity index (χ1) is 24.4. The van der Waals surface area contributed by atoms with E-state index in [1.165, 1.54) is 0 Å². The van der Waals surface area contributed by atoms with Crippen molar-refractivity contribution in [3.63, 3.8) is 0 Å². The van der Waals surface area contributed by atoms with Gasteiger partial charge in [-0.25, -0.2) is 0 Å². The maximum Gasteiger partial charge on any atom is 0.108 e. The summed E-state index contributed by atoms with van der Waals surface area (Å²) in [5.74, 6) is 6.65. The van der Waals surface area contributed by atoms with Gasteiger partial charge in [0.1, 0.15) is 12.7 Å². The van der Waals surface area contributed by atoms with Crippen molar-refractivity contribution in [2.75, 3.05) is 52.4 Å². The molecule has 52 heavy (non-hydrogen) atoms. The molecule has 0 unspecified atom stereocenters. The topological polar surface area (TPSA) is 65.1 Å². The molecule has 0 aromatic heterocycles. The molecule has 0 N–H and O–H groups in total. The van der Waals surface area contributed by atoms with Crippen molar-refractivity contribution in [2.24, 2.45) is 0 Å². The largest absolute Gasteiger partial charge is 0.375 e. The zero-order chi connectivity index (χ0) is 37.6. The van der Waals surface area contributed by atoms with Gasteiger partial charge >= 0.3 is 0 Å². The van der Waals surface area contributed by atoms with Crippen LogP contribution in [0.4, 0.5) is 0 Å². The van der Waals surface area contributed by atoms with Gasteiger partial charge < -0.3 is 28.6 Å². The van der Waals surface area contributed by atoms with Crippen molar-refractivity contribution in [3.8, 4) is 11.8 Å². The van der Waals surface area contributed by atoms with E-state index in [4.69, 9.17) is 28.5 Å². The first kappa shape index (κ1) is 42.3. The predicted molar refractivity (Wildman–Crippen MR) is 208 cm³/mol. The van der Waals surface area contributed by atoms with Crippen LogP contribution in [0.3, 0.4) is 0 Å². The molecule has 0 aromatic rings. The second kappa shape index (κ2) is 18.4. The van der Waals surface area contributed by atoms with Gasteiger partial charge in [-0.15, -0.1) is 5.92 Å². The van der Waals surface area contributed by atoms with Gasteiger partial charge in [-0.2, -0.15) is 5.06 Å². The molecule has 5 rings (SSSR count). The van der Waals surface area contributed by atoms with Gasteiger partial charge in [-0.05, 0) is 146 Å². The minimum Gasteiger partial charge on any atom is -0.375 e. The number of unbranched alkanes of at least 4 members (excludes halogenated alkanes) is 1. The summed E-state index contributed by atoms with van der Waals surface area (Å²) in [4.78, 5) is 11.5. The molecule has 5 aliphatic rings. The van der Waals surface area contributed by atoms with E-state index in [1.807, 2.05) is 0 Å². The van der Waals surface area contributed by atoms with Crippen molar-refractivity contribution < 1.29 is 28.5 Å². The van der Waals surface area contributed by atoms with Gasteiger partial charge in [0.15, 0.2) is 0 Å². The van der Waals surface area contributed by atoms with Crippen LogP contribution in [0.1, 0.15) is 146 Å². The van der Waals surface area contributed by atoms with Crippen molar-refractivity contribution in [2.45, 2.75) is 211 Å². The van der Waals surface area contributed by atoms with Crippen LogP contribution in [-0.2, 0) is 28.5 Å². The lowest BCUT2D eigenvalue weighted by Gasteiger charge is -2.50. The number of rotatable bonds is 17.